The molecule has 2 rings (SSSR count). The van der Waals surface area contributed by atoms with E-state index in [0.717, 1.165) is 30.9 Å². The number of esters is 1. The predicted octanol–water partition coefficient (Wildman–Crippen LogP) is 2.13. The molecule has 0 spiro atoms. The maximum absolute atomic E-state index is 12.3. The SMILES string of the molecule is COC(=O)C(N)(CN1CCC(C)CC1C)c1ccccc1. The molecule has 3 atom stereocenters. The first-order chi connectivity index (χ1) is 9.97. The van der Waals surface area contributed by atoms with E-state index in [4.69, 9.17) is 10.5 Å². The molecule has 1 heterocycles. The van der Waals surface area contributed by atoms with Gasteiger partial charge in [-0.05, 0) is 37.8 Å². The van der Waals surface area contributed by atoms with E-state index in [2.05, 4.69) is 18.7 Å². The summed E-state index contributed by atoms with van der Waals surface area (Å²) in [6.45, 7) is 5.96. The summed E-state index contributed by atoms with van der Waals surface area (Å²) in [5, 5.41) is 0. The Morgan fingerprint density at radius 3 is 2.62 bits per heavy atom. The molecule has 1 aliphatic rings. The molecule has 2 N–H and O–H groups in total. The van der Waals surface area contributed by atoms with Crippen LogP contribution in [0.1, 0.15) is 32.3 Å². The Labute approximate surface area is 127 Å². The highest BCUT2D eigenvalue weighted by atomic mass is 16.5. The molecule has 4 heteroatoms. The maximum Gasteiger partial charge on any atom is 0.331 e. The van der Waals surface area contributed by atoms with Crippen LogP contribution in [0.2, 0.25) is 0 Å². The first-order valence-electron chi connectivity index (χ1n) is 7.64. The zero-order valence-electron chi connectivity index (χ0n) is 13.2. The number of benzene rings is 1. The summed E-state index contributed by atoms with van der Waals surface area (Å²) in [5.41, 5.74) is 6.19. The number of piperidine rings is 1. The predicted molar refractivity (Wildman–Crippen MR) is 83.8 cm³/mol. The number of rotatable bonds is 4. The summed E-state index contributed by atoms with van der Waals surface area (Å²) >= 11 is 0. The molecule has 1 saturated heterocycles. The topological polar surface area (TPSA) is 55.6 Å². The summed E-state index contributed by atoms with van der Waals surface area (Å²) in [6.07, 6.45) is 2.29. The molecular formula is C17H26N2O2. The van der Waals surface area contributed by atoms with Gasteiger partial charge in [0, 0.05) is 12.6 Å². The van der Waals surface area contributed by atoms with E-state index in [0.29, 0.717) is 12.6 Å². The molecule has 0 amide bonds. The van der Waals surface area contributed by atoms with Crippen LogP contribution in [0.25, 0.3) is 0 Å². The van der Waals surface area contributed by atoms with Gasteiger partial charge >= 0.3 is 5.97 Å². The van der Waals surface area contributed by atoms with Gasteiger partial charge in [0.2, 0.25) is 0 Å². The van der Waals surface area contributed by atoms with Gasteiger partial charge in [-0.2, -0.15) is 0 Å². The van der Waals surface area contributed by atoms with Crippen LogP contribution in [0.15, 0.2) is 30.3 Å². The van der Waals surface area contributed by atoms with Crippen LogP contribution >= 0.6 is 0 Å². The van der Waals surface area contributed by atoms with Gasteiger partial charge in [0.15, 0.2) is 5.54 Å². The second-order valence-electron chi connectivity index (χ2n) is 6.28. The summed E-state index contributed by atoms with van der Waals surface area (Å²) < 4.78 is 4.98. The van der Waals surface area contributed by atoms with Gasteiger partial charge in [0.1, 0.15) is 0 Å². The highest BCUT2D eigenvalue weighted by Gasteiger charge is 2.40. The van der Waals surface area contributed by atoms with Crippen molar-refractivity contribution in [3.8, 4) is 0 Å². The monoisotopic (exact) mass is 290 g/mol. The van der Waals surface area contributed by atoms with Crippen molar-refractivity contribution in [1.29, 1.82) is 0 Å². The first-order valence-corrected chi connectivity index (χ1v) is 7.64. The van der Waals surface area contributed by atoms with Gasteiger partial charge in [0.05, 0.1) is 7.11 Å². The van der Waals surface area contributed by atoms with Crippen LogP contribution < -0.4 is 5.73 Å². The van der Waals surface area contributed by atoms with Crippen molar-refractivity contribution in [1.82, 2.24) is 4.90 Å². The number of methoxy groups -OCH3 is 1. The molecule has 3 unspecified atom stereocenters. The van der Waals surface area contributed by atoms with E-state index in [1.165, 1.54) is 7.11 Å². The molecule has 1 aromatic rings. The standard InChI is InChI=1S/C17H26N2O2/c1-13-9-10-19(14(2)11-13)12-17(18,16(20)21-3)15-7-5-4-6-8-15/h4-8,13-14H,9-12,18H2,1-3H3. The van der Waals surface area contributed by atoms with Crippen molar-refractivity contribution < 1.29 is 9.53 Å². The Bertz CT molecular complexity index is 477. The quantitative estimate of drug-likeness (QED) is 0.863. The molecule has 0 aromatic heterocycles. The van der Waals surface area contributed by atoms with Gasteiger partial charge in [-0.25, -0.2) is 4.79 Å². The van der Waals surface area contributed by atoms with Crippen LogP contribution in [0.5, 0.6) is 0 Å². The van der Waals surface area contributed by atoms with Crippen molar-refractivity contribution in [2.75, 3.05) is 20.2 Å². The third kappa shape index (κ3) is 3.44. The summed E-state index contributed by atoms with van der Waals surface area (Å²) in [6, 6.07) is 9.96. The number of carbonyl (C=O) groups is 1. The molecule has 116 valence electrons. The molecule has 1 aliphatic heterocycles. The Kier molecular flexibility index (Phi) is 5.01. The van der Waals surface area contributed by atoms with E-state index in [-0.39, 0.29) is 5.97 Å². The Balaban J connectivity index is 2.23. The number of hydrogen-bond donors (Lipinski definition) is 1. The number of nitrogens with zero attached hydrogens (tertiary/aromatic N) is 1. The van der Waals surface area contributed by atoms with Crippen molar-refractivity contribution in [3.05, 3.63) is 35.9 Å². The van der Waals surface area contributed by atoms with Crippen LogP contribution in [0, 0.1) is 5.92 Å². The lowest BCUT2D eigenvalue weighted by Gasteiger charge is -2.41. The second-order valence-corrected chi connectivity index (χ2v) is 6.28. The fraction of sp³-hybridized carbons (Fsp3) is 0.588. The Morgan fingerprint density at radius 1 is 1.38 bits per heavy atom. The molecule has 21 heavy (non-hydrogen) atoms. The fourth-order valence-corrected chi connectivity index (χ4v) is 3.20. The molecular weight excluding hydrogens is 264 g/mol. The first kappa shape index (κ1) is 16.0. The van der Waals surface area contributed by atoms with Crippen molar-refractivity contribution in [3.63, 3.8) is 0 Å². The number of hydrogen-bond acceptors (Lipinski definition) is 4. The minimum absolute atomic E-state index is 0.375. The van der Waals surface area contributed by atoms with Crippen LogP contribution in [-0.2, 0) is 15.1 Å². The molecule has 1 fully saturated rings. The molecule has 0 radical (unpaired) electrons. The Morgan fingerprint density at radius 2 is 2.05 bits per heavy atom. The van der Waals surface area contributed by atoms with E-state index < -0.39 is 5.54 Å². The third-order valence-corrected chi connectivity index (χ3v) is 4.57. The maximum atomic E-state index is 12.3. The number of carbonyl (C=O) groups excluding carboxylic acids is 1. The van der Waals surface area contributed by atoms with Gasteiger partial charge in [-0.3, -0.25) is 4.90 Å². The van der Waals surface area contributed by atoms with Gasteiger partial charge in [-0.15, -0.1) is 0 Å². The van der Waals surface area contributed by atoms with Crippen LogP contribution in [-0.4, -0.2) is 37.1 Å². The highest BCUT2D eigenvalue weighted by Crippen LogP contribution is 2.27. The van der Waals surface area contributed by atoms with Crippen molar-refractivity contribution in [2.24, 2.45) is 11.7 Å². The van der Waals surface area contributed by atoms with E-state index in [1.54, 1.807) is 0 Å². The molecule has 0 aliphatic carbocycles. The average molecular weight is 290 g/mol. The van der Waals surface area contributed by atoms with E-state index in [9.17, 15) is 4.79 Å². The average Bonchev–Trinajstić information content (AvgIpc) is 2.50. The highest BCUT2D eigenvalue weighted by molar-refractivity contribution is 5.82. The number of nitrogens with two attached hydrogens (primary N) is 1. The zero-order chi connectivity index (χ0) is 15.5. The van der Waals surface area contributed by atoms with Gasteiger partial charge in [-0.1, -0.05) is 37.3 Å². The normalized spacial score (nSPS) is 26.1. The van der Waals surface area contributed by atoms with Crippen molar-refractivity contribution >= 4 is 5.97 Å². The molecule has 1 aromatic carbocycles. The largest absolute Gasteiger partial charge is 0.467 e. The lowest BCUT2D eigenvalue weighted by atomic mass is 9.87. The summed E-state index contributed by atoms with van der Waals surface area (Å²) in [7, 11) is 1.40. The molecule has 4 nitrogen and oxygen atoms in total. The summed E-state index contributed by atoms with van der Waals surface area (Å²) in [4.78, 5) is 14.6. The van der Waals surface area contributed by atoms with Crippen molar-refractivity contribution in [2.45, 2.75) is 38.3 Å². The third-order valence-electron chi connectivity index (χ3n) is 4.57. The van der Waals surface area contributed by atoms with Crippen LogP contribution in [0.3, 0.4) is 0 Å². The minimum Gasteiger partial charge on any atom is -0.467 e. The van der Waals surface area contributed by atoms with Gasteiger partial charge < -0.3 is 10.5 Å². The molecule has 0 saturated carbocycles. The minimum atomic E-state index is -1.11. The second kappa shape index (κ2) is 6.58. The number of ether oxygens (including phenoxy) is 1. The Hall–Kier alpha value is -1.39. The van der Waals surface area contributed by atoms with Crippen LogP contribution in [0.4, 0.5) is 0 Å². The van der Waals surface area contributed by atoms with E-state index >= 15 is 0 Å². The lowest BCUT2D eigenvalue weighted by molar-refractivity contribution is -0.148. The smallest absolute Gasteiger partial charge is 0.331 e. The zero-order valence-corrected chi connectivity index (χ0v) is 13.2. The number of likely N-dealkylation sites (tertiary alicyclic amines) is 1. The molecule has 0 bridgehead atoms. The van der Waals surface area contributed by atoms with E-state index in [1.807, 2.05) is 30.3 Å². The lowest BCUT2D eigenvalue weighted by Crippen LogP contribution is -2.56. The summed E-state index contributed by atoms with van der Waals surface area (Å²) in [5.74, 6) is 0.359. The van der Waals surface area contributed by atoms with Gasteiger partial charge in [0.25, 0.3) is 0 Å². The fourth-order valence-electron chi connectivity index (χ4n) is 3.20.